The average molecular weight is 264 g/mol. The lowest BCUT2D eigenvalue weighted by Crippen LogP contribution is -2.18. The standard InChI is InChI=1S/C6H5IN2O2/c7-5-1-4(2-8-3-5)6(10)9-11/h1-3,11H,(H,9,10). The highest BCUT2D eigenvalue weighted by Gasteiger charge is 2.03. The Kier molecular flexibility index (Phi) is 2.77. The summed E-state index contributed by atoms with van der Waals surface area (Å²) >= 11 is 2.03. The number of carbonyl (C=O) groups is 1. The Morgan fingerprint density at radius 2 is 2.36 bits per heavy atom. The summed E-state index contributed by atoms with van der Waals surface area (Å²) in [5, 5.41) is 8.25. The number of aromatic nitrogens is 1. The third-order valence-electron chi connectivity index (χ3n) is 1.07. The zero-order chi connectivity index (χ0) is 8.27. The van der Waals surface area contributed by atoms with E-state index < -0.39 is 5.91 Å². The average Bonchev–Trinajstić information content (AvgIpc) is 2.03. The maximum absolute atomic E-state index is 10.8. The molecular formula is C6H5IN2O2. The molecule has 0 saturated heterocycles. The lowest BCUT2D eigenvalue weighted by molar-refractivity contribution is 0.0706. The molecule has 1 heterocycles. The summed E-state index contributed by atoms with van der Waals surface area (Å²) < 4.78 is 0.851. The Labute approximate surface area is 76.7 Å². The predicted octanol–water partition coefficient (Wildman–Crippen LogP) is 0.805. The molecule has 0 aromatic carbocycles. The molecule has 0 unspecified atom stereocenters. The number of carbonyl (C=O) groups excluding carboxylic acids is 1. The molecular weight excluding hydrogens is 259 g/mol. The largest absolute Gasteiger partial charge is 0.288 e. The molecule has 1 rings (SSSR count). The van der Waals surface area contributed by atoms with E-state index in [2.05, 4.69) is 4.98 Å². The minimum Gasteiger partial charge on any atom is -0.288 e. The quantitative estimate of drug-likeness (QED) is 0.448. The number of amides is 1. The van der Waals surface area contributed by atoms with Crippen LogP contribution in [0.4, 0.5) is 0 Å². The number of nitrogens with one attached hydrogen (secondary N) is 1. The molecule has 0 aliphatic rings. The van der Waals surface area contributed by atoms with Gasteiger partial charge in [0.05, 0.1) is 5.56 Å². The van der Waals surface area contributed by atoms with Crippen LogP contribution >= 0.6 is 22.6 Å². The Morgan fingerprint density at radius 1 is 1.64 bits per heavy atom. The van der Waals surface area contributed by atoms with Crippen molar-refractivity contribution in [1.29, 1.82) is 0 Å². The zero-order valence-corrected chi connectivity index (χ0v) is 7.57. The van der Waals surface area contributed by atoms with Crippen molar-refractivity contribution in [3.63, 3.8) is 0 Å². The Bertz CT molecular complexity index is 277. The fourth-order valence-electron chi connectivity index (χ4n) is 0.601. The molecule has 0 saturated carbocycles. The lowest BCUT2D eigenvalue weighted by Gasteiger charge is -1.96. The van der Waals surface area contributed by atoms with Crippen LogP contribution in [-0.2, 0) is 0 Å². The van der Waals surface area contributed by atoms with Gasteiger partial charge in [0.25, 0.3) is 5.91 Å². The SMILES string of the molecule is O=C(NO)c1cncc(I)c1. The number of hydrogen-bond donors (Lipinski definition) is 2. The number of pyridine rings is 1. The molecule has 0 aliphatic heterocycles. The van der Waals surface area contributed by atoms with E-state index >= 15 is 0 Å². The molecule has 0 bridgehead atoms. The van der Waals surface area contributed by atoms with Gasteiger partial charge in [0, 0.05) is 16.0 Å². The number of hydrogen-bond acceptors (Lipinski definition) is 3. The summed E-state index contributed by atoms with van der Waals surface area (Å²) in [7, 11) is 0. The van der Waals surface area contributed by atoms with Crippen molar-refractivity contribution in [2.45, 2.75) is 0 Å². The van der Waals surface area contributed by atoms with Crippen molar-refractivity contribution in [2.75, 3.05) is 0 Å². The van der Waals surface area contributed by atoms with Gasteiger partial charge in [0.15, 0.2) is 0 Å². The van der Waals surface area contributed by atoms with Crippen LogP contribution in [0.15, 0.2) is 18.5 Å². The number of rotatable bonds is 1. The molecule has 0 atom stereocenters. The fourth-order valence-corrected chi connectivity index (χ4v) is 1.10. The predicted molar refractivity (Wildman–Crippen MR) is 46.2 cm³/mol. The van der Waals surface area contributed by atoms with Crippen LogP contribution in [0.1, 0.15) is 10.4 Å². The third kappa shape index (κ3) is 2.12. The van der Waals surface area contributed by atoms with Crippen molar-refractivity contribution in [3.05, 3.63) is 27.6 Å². The molecule has 4 nitrogen and oxygen atoms in total. The topological polar surface area (TPSA) is 62.2 Å². The van der Waals surface area contributed by atoms with Crippen molar-refractivity contribution in [3.8, 4) is 0 Å². The lowest BCUT2D eigenvalue weighted by atomic mass is 10.3. The molecule has 0 aliphatic carbocycles. The number of nitrogens with zero attached hydrogens (tertiary/aromatic N) is 1. The van der Waals surface area contributed by atoms with E-state index in [0.29, 0.717) is 5.56 Å². The van der Waals surface area contributed by atoms with Gasteiger partial charge in [0.2, 0.25) is 0 Å². The van der Waals surface area contributed by atoms with Gasteiger partial charge in [-0.05, 0) is 28.7 Å². The smallest absolute Gasteiger partial charge is 0.276 e. The molecule has 1 aromatic heterocycles. The number of halogens is 1. The Morgan fingerprint density at radius 3 is 2.91 bits per heavy atom. The zero-order valence-electron chi connectivity index (χ0n) is 5.41. The molecule has 5 heteroatoms. The van der Waals surface area contributed by atoms with Gasteiger partial charge in [-0.15, -0.1) is 0 Å². The van der Waals surface area contributed by atoms with Crippen LogP contribution in [-0.4, -0.2) is 16.1 Å². The van der Waals surface area contributed by atoms with Crippen LogP contribution in [0.5, 0.6) is 0 Å². The first-order valence-electron chi connectivity index (χ1n) is 2.79. The first-order valence-corrected chi connectivity index (χ1v) is 3.87. The van der Waals surface area contributed by atoms with E-state index in [0.717, 1.165) is 3.57 Å². The van der Waals surface area contributed by atoms with Crippen molar-refractivity contribution < 1.29 is 10.0 Å². The molecule has 11 heavy (non-hydrogen) atoms. The minimum atomic E-state index is -0.545. The summed E-state index contributed by atoms with van der Waals surface area (Å²) in [4.78, 5) is 14.5. The van der Waals surface area contributed by atoms with E-state index in [9.17, 15) is 4.79 Å². The molecule has 2 N–H and O–H groups in total. The van der Waals surface area contributed by atoms with Gasteiger partial charge >= 0.3 is 0 Å². The first-order chi connectivity index (χ1) is 5.24. The molecule has 1 amide bonds. The summed E-state index contributed by atoms with van der Waals surface area (Å²) in [6.07, 6.45) is 3.00. The molecule has 58 valence electrons. The van der Waals surface area contributed by atoms with Gasteiger partial charge in [-0.3, -0.25) is 15.0 Å². The van der Waals surface area contributed by atoms with Crippen LogP contribution in [0.25, 0.3) is 0 Å². The normalized spacial score (nSPS) is 9.27. The number of hydroxylamine groups is 1. The summed E-state index contributed by atoms with van der Waals surface area (Å²) in [6, 6.07) is 1.62. The minimum absolute atomic E-state index is 0.347. The van der Waals surface area contributed by atoms with Crippen molar-refractivity contribution in [1.82, 2.24) is 10.5 Å². The van der Waals surface area contributed by atoms with Gasteiger partial charge in [0.1, 0.15) is 0 Å². The summed E-state index contributed by atoms with van der Waals surface area (Å²) in [5.41, 5.74) is 1.87. The molecule has 1 aromatic rings. The van der Waals surface area contributed by atoms with Gasteiger partial charge in [-0.25, -0.2) is 5.48 Å². The van der Waals surface area contributed by atoms with Crippen molar-refractivity contribution >= 4 is 28.5 Å². The highest BCUT2D eigenvalue weighted by Crippen LogP contribution is 2.04. The van der Waals surface area contributed by atoms with Crippen molar-refractivity contribution in [2.24, 2.45) is 0 Å². The Balaban J connectivity index is 2.96. The highest BCUT2D eigenvalue weighted by atomic mass is 127. The summed E-state index contributed by atoms with van der Waals surface area (Å²) in [6.45, 7) is 0. The van der Waals surface area contributed by atoms with Crippen LogP contribution in [0, 0.1) is 3.57 Å². The van der Waals surface area contributed by atoms with Crippen LogP contribution < -0.4 is 5.48 Å². The van der Waals surface area contributed by atoms with Crippen LogP contribution in [0.3, 0.4) is 0 Å². The maximum atomic E-state index is 10.8. The van der Waals surface area contributed by atoms with E-state index in [1.807, 2.05) is 22.6 Å². The van der Waals surface area contributed by atoms with E-state index in [4.69, 9.17) is 5.21 Å². The maximum Gasteiger partial charge on any atom is 0.276 e. The van der Waals surface area contributed by atoms with E-state index in [-0.39, 0.29) is 0 Å². The van der Waals surface area contributed by atoms with E-state index in [1.165, 1.54) is 11.7 Å². The second kappa shape index (κ2) is 3.63. The van der Waals surface area contributed by atoms with E-state index in [1.54, 1.807) is 12.3 Å². The third-order valence-corrected chi connectivity index (χ3v) is 1.66. The Hall–Kier alpha value is -0.690. The van der Waals surface area contributed by atoms with Gasteiger partial charge < -0.3 is 0 Å². The fraction of sp³-hybridized carbons (Fsp3) is 0. The molecule has 0 fully saturated rings. The molecule has 0 radical (unpaired) electrons. The highest BCUT2D eigenvalue weighted by molar-refractivity contribution is 14.1. The summed E-state index contributed by atoms with van der Waals surface area (Å²) in [5.74, 6) is -0.545. The second-order valence-electron chi connectivity index (χ2n) is 1.83. The molecule has 0 spiro atoms. The van der Waals surface area contributed by atoms with Crippen LogP contribution in [0.2, 0.25) is 0 Å². The van der Waals surface area contributed by atoms with Gasteiger partial charge in [-0.1, -0.05) is 0 Å². The van der Waals surface area contributed by atoms with Gasteiger partial charge in [-0.2, -0.15) is 0 Å². The second-order valence-corrected chi connectivity index (χ2v) is 3.08. The first kappa shape index (κ1) is 8.41. The monoisotopic (exact) mass is 264 g/mol.